The molecule has 0 saturated heterocycles. The van der Waals surface area contributed by atoms with E-state index in [-0.39, 0.29) is 0 Å². The van der Waals surface area contributed by atoms with Gasteiger partial charge in [0.15, 0.2) is 0 Å². The molecule has 0 aliphatic heterocycles. The number of rotatable bonds is 3. The Hall–Kier alpha value is -0.340. The van der Waals surface area contributed by atoms with Gasteiger partial charge in [0.25, 0.3) is 0 Å². The Bertz CT molecular complexity index is 174. The smallest absolute Gasteiger partial charge is 0.114 e. The molecule has 0 N–H and O–H groups in total. The maximum absolute atomic E-state index is 5.01. The largest absolute Gasteiger partial charge is 0.359 e. The van der Waals surface area contributed by atoms with Gasteiger partial charge in [-0.15, -0.1) is 0 Å². The molecular formula is C8H8BrO. The lowest BCUT2D eigenvalue weighted by Gasteiger charge is -1.96. The minimum atomic E-state index is 0.544. The van der Waals surface area contributed by atoms with E-state index in [9.17, 15) is 0 Å². The first-order chi connectivity index (χ1) is 4.93. The van der Waals surface area contributed by atoms with Crippen molar-refractivity contribution < 1.29 is 4.74 Å². The minimum absolute atomic E-state index is 0.544. The molecule has 1 aromatic rings. The summed E-state index contributed by atoms with van der Waals surface area (Å²) >= 11 is 3.15. The van der Waals surface area contributed by atoms with E-state index in [4.69, 9.17) is 4.74 Å². The molecule has 0 atom stereocenters. The summed E-state index contributed by atoms with van der Waals surface area (Å²) in [5.74, 6) is 0. The van der Waals surface area contributed by atoms with E-state index in [1.165, 1.54) is 0 Å². The molecule has 0 saturated carbocycles. The normalized spacial score (nSPS) is 9.70. The van der Waals surface area contributed by atoms with Crippen molar-refractivity contribution >= 4 is 15.9 Å². The zero-order valence-corrected chi connectivity index (χ0v) is 7.04. The number of hydrogen-bond donors (Lipinski definition) is 0. The maximum atomic E-state index is 5.01. The first-order valence-corrected chi connectivity index (χ1v) is 4.11. The molecule has 1 rings (SSSR count). The Morgan fingerprint density at radius 2 is 2.00 bits per heavy atom. The highest BCUT2D eigenvalue weighted by molar-refractivity contribution is 9.09. The zero-order chi connectivity index (χ0) is 7.23. The molecule has 0 bridgehead atoms. The minimum Gasteiger partial charge on any atom is -0.359 e. The van der Waals surface area contributed by atoms with Crippen LogP contribution in [-0.4, -0.2) is 5.52 Å². The Morgan fingerprint density at radius 1 is 1.30 bits per heavy atom. The van der Waals surface area contributed by atoms with Crippen LogP contribution in [0.3, 0.4) is 0 Å². The third-order valence-corrected chi connectivity index (χ3v) is 1.35. The van der Waals surface area contributed by atoms with Gasteiger partial charge >= 0.3 is 0 Å². The summed E-state index contributed by atoms with van der Waals surface area (Å²) in [6.45, 7) is 1.72. The van der Waals surface area contributed by atoms with Gasteiger partial charge in [-0.25, -0.2) is 0 Å². The van der Waals surface area contributed by atoms with Crippen LogP contribution in [0.15, 0.2) is 30.3 Å². The quantitative estimate of drug-likeness (QED) is 0.681. The van der Waals surface area contributed by atoms with Crippen molar-refractivity contribution in [2.45, 2.75) is 0 Å². The lowest BCUT2D eigenvalue weighted by atomic mass is 10.2. The van der Waals surface area contributed by atoms with Crippen molar-refractivity contribution in [2.75, 3.05) is 5.52 Å². The molecule has 0 spiro atoms. The third-order valence-electron chi connectivity index (χ3n) is 1.08. The number of alkyl halides is 1. The van der Waals surface area contributed by atoms with E-state index in [1.54, 1.807) is 6.61 Å². The van der Waals surface area contributed by atoms with E-state index < -0.39 is 0 Å². The van der Waals surface area contributed by atoms with Gasteiger partial charge in [-0.2, -0.15) is 0 Å². The predicted molar refractivity (Wildman–Crippen MR) is 44.7 cm³/mol. The molecule has 1 radical (unpaired) electrons. The Balaban J connectivity index is 2.43. The van der Waals surface area contributed by atoms with Crippen LogP contribution in [0.4, 0.5) is 0 Å². The van der Waals surface area contributed by atoms with Gasteiger partial charge in [-0.3, -0.25) is 0 Å². The molecule has 0 aliphatic rings. The highest BCUT2D eigenvalue weighted by Crippen LogP contribution is 2.02. The molecule has 1 nitrogen and oxygen atoms in total. The monoisotopic (exact) mass is 199 g/mol. The summed E-state index contributed by atoms with van der Waals surface area (Å²) in [5, 5.41) is 0. The van der Waals surface area contributed by atoms with Crippen molar-refractivity contribution in [3.8, 4) is 0 Å². The van der Waals surface area contributed by atoms with Crippen molar-refractivity contribution in [1.29, 1.82) is 0 Å². The zero-order valence-electron chi connectivity index (χ0n) is 5.46. The molecule has 0 heterocycles. The lowest BCUT2D eigenvalue weighted by Crippen LogP contribution is -1.84. The second-order valence-electron chi connectivity index (χ2n) is 1.80. The van der Waals surface area contributed by atoms with Crippen LogP contribution < -0.4 is 0 Å². The number of halogens is 1. The summed E-state index contributed by atoms with van der Waals surface area (Å²) in [6.07, 6.45) is 0. The van der Waals surface area contributed by atoms with E-state index >= 15 is 0 Å². The highest BCUT2D eigenvalue weighted by atomic mass is 79.9. The van der Waals surface area contributed by atoms with Gasteiger partial charge in [0.05, 0.1) is 0 Å². The lowest BCUT2D eigenvalue weighted by molar-refractivity contribution is 0.278. The van der Waals surface area contributed by atoms with Crippen molar-refractivity contribution in [2.24, 2.45) is 0 Å². The predicted octanol–water partition coefficient (Wildman–Crippen LogP) is 2.57. The van der Waals surface area contributed by atoms with Crippen molar-refractivity contribution in [3.05, 3.63) is 42.5 Å². The molecule has 0 aliphatic carbocycles. The van der Waals surface area contributed by atoms with Crippen LogP contribution >= 0.6 is 15.9 Å². The summed E-state index contributed by atoms with van der Waals surface area (Å²) in [6, 6.07) is 9.91. The van der Waals surface area contributed by atoms with Gasteiger partial charge in [-0.1, -0.05) is 46.3 Å². The van der Waals surface area contributed by atoms with Crippen LogP contribution in [0.1, 0.15) is 5.56 Å². The standard InChI is InChI=1S/C8H8BrO/c9-7-10-6-8-4-2-1-3-5-8/h1-6H,7H2. The molecule has 0 amide bonds. The first-order valence-electron chi connectivity index (χ1n) is 2.99. The summed E-state index contributed by atoms with van der Waals surface area (Å²) in [4.78, 5) is 0. The Kier molecular flexibility index (Phi) is 3.47. The van der Waals surface area contributed by atoms with Crippen LogP contribution in [0.25, 0.3) is 0 Å². The van der Waals surface area contributed by atoms with E-state index in [2.05, 4.69) is 15.9 Å². The molecule has 0 unspecified atom stereocenters. The van der Waals surface area contributed by atoms with E-state index in [0.717, 1.165) is 5.56 Å². The number of ether oxygens (including phenoxy) is 1. The Labute approximate surface area is 69.1 Å². The molecular weight excluding hydrogens is 192 g/mol. The highest BCUT2D eigenvalue weighted by Gasteiger charge is 1.88. The fraction of sp³-hybridized carbons (Fsp3) is 0.125. The van der Waals surface area contributed by atoms with E-state index in [0.29, 0.717) is 5.52 Å². The maximum Gasteiger partial charge on any atom is 0.114 e. The van der Waals surface area contributed by atoms with Gasteiger partial charge < -0.3 is 4.74 Å². The second kappa shape index (κ2) is 4.47. The molecule has 0 fully saturated rings. The van der Waals surface area contributed by atoms with Crippen LogP contribution in [0.2, 0.25) is 0 Å². The van der Waals surface area contributed by atoms with Gasteiger partial charge in [0.2, 0.25) is 0 Å². The molecule has 2 heteroatoms. The molecule has 0 aromatic heterocycles. The van der Waals surface area contributed by atoms with Crippen LogP contribution in [0.5, 0.6) is 0 Å². The second-order valence-corrected chi connectivity index (χ2v) is 2.26. The van der Waals surface area contributed by atoms with E-state index in [1.807, 2.05) is 30.3 Å². The first kappa shape index (κ1) is 7.76. The Morgan fingerprint density at radius 3 is 2.60 bits per heavy atom. The average molecular weight is 200 g/mol. The average Bonchev–Trinajstić information content (AvgIpc) is 2.03. The fourth-order valence-corrected chi connectivity index (χ4v) is 0.791. The van der Waals surface area contributed by atoms with Crippen molar-refractivity contribution in [1.82, 2.24) is 0 Å². The number of benzene rings is 1. The summed E-state index contributed by atoms with van der Waals surface area (Å²) in [5.41, 5.74) is 1.63. The van der Waals surface area contributed by atoms with Crippen LogP contribution in [-0.2, 0) is 4.74 Å². The van der Waals surface area contributed by atoms with Crippen LogP contribution in [0, 0.1) is 6.61 Å². The third kappa shape index (κ3) is 2.50. The SMILES string of the molecule is BrCO[CH]c1ccccc1. The van der Waals surface area contributed by atoms with Gasteiger partial charge in [-0.05, 0) is 5.56 Å². The molecule has 10 heavy (non-hydrogen) atoms. The number of hydrogen-bond acceptors (Lipinski definition) is 1. The van der Waals surface area contributed by atoms with Gasteiger partial charge in [0.1, 0.15) is 12.1 Å². The summed E-state index contributed by atoms with van der Waals surface area (Å²) in [7, 11) is 0. The van der Waals surface area contributed by atoms with Crippen molar-refractivity contribution in [3.63, 3.8) is 0 Å². The topological polar surface area (TPSA) is 9.23 Å². The summed E-state index contributed by atoms with van der Waals surface area (Å²) < 4.78 is 5.01. The van der Waals surface area contributed by atoms with Gasteiger partial charge in [0, 0.05) is 0 Å². The molecule has 1 aromatic carbocycles. The fourth-order valence-electron chi connectivity index (χ4n) is 0.659. The molecule has 53 valence electrons.